The number of allylic oxidation sites excluding steroid dienone is 4. The Balaban J connectivity index is 2.49. The fraction of sp³-hybridized carbons (Fsp3) is 0.750. The third-order valence-corrected chi connectivity index (χ3v) is 11.4. The molecule has 0 aromatic carbocycles. The highest BCUT2D eigenvalue weighted by atomic mass is 16.6. The zero-order valence-corrected chi connectivity index (χ0v) is 39.4. The van der Waals surface area contributed by atoms with E-state index in [1.165, 1.54) is 12.8 Å². The van der Waals surface area contributed by atoms with Gasteiger partial charge in [0.2, 0.25) is 0 Å². The van der Waals surface area contributed by atoms with E-state index in [2.05, 4.69) is 31.2 Å². The molecule has 11 heteroatoms. The molecule has 0 aromatic heterocycles. The maximum Gasteiger partial charge on any atom is 0.306 e. The quantitative estimate of drug-likeness (QED) is 0.0250. The largest absolute Gasteiger partial charge is 0.465 e. The number of likely N-dealkylation sites (tertiary alicyclic amines) is 1. The molecule has 0 aromatic rings. The number of esters is 5. The molecule has 0 bridgehead atoms. The Bertz CT molecular complexity index is 1150. The zero-order chi connectivity index (χ0) is 46.0. The van der Waals surface area contributed by atoms with E-state index in [0.717, 1.165) is 122 Å². The van der Waals surface area contributed by atoms with Crippen molar-refractivity contribution in [3.05, 3.63) is 50.6 Å². The molecule has 1 saturated heterocycles. The molecule has 0 saturated carbocycles. The van der Waals surface area contributed by atoms with E-state index in [9.17, 15) is 24.0 Å². The summed E-state index contributed by atoms with van der Waals surface area (Å²) < 4.78 is 28.3. The summed E-state index contributed by atoms with van der Waals surface area (Å²) in [6.45, 7) is 18.0. The Kier molecular flexibility index (Phi) is 37.3. The summed E-state index contributed by atoms with van der Waals surface area (Å²) in [6, 6.07) is 0. The van der Waals surface area contributed by atoms with Crippen LogP contribution in [0.15, 0.2) is 50.6 Å². The van der Waals surface area contributed by atoms with Crippen LogP contribution in [0, 0.1) is 5.92 Å². The molecule has 360 valence electrons. The molecule has 0 aliphatic carbocycles. The lowest BCUT2D eigenvalue weighted by molar-refractivity contribution is -0.154. The Morgan fingerprint density at radius 3 is 1.06 bits per heavy atom. The summed E-state index contributed by atoms with van der Waals surface area (Å²) in [5.41, 5.74) is 0. The van der Waals surface area contributed by atoms with E-state index >= 15 is 0 Å². The average Bonchev–Trinajstić information content (AvgIpc) is 3.79. The number of hydrogen-bond acceptors (Lipinski definition) is 11. The minimum absolute atomic E-state index is 0.0274. The summed E-state index contributed by atoms with van der Waals surface area (Å²) in [6.07, 6.45) is 31.0. The van der Waals surface area contributed by atoms with E-state index < -0.39 is 17.9 Å². The molecule has 0 radical (unpaired) electrons. The van der Waals surface area contributed by atoms with Crippen LogP contribution in [0.25, 0.3) is 0 Å². The predicted molar refractivity (Wildman–Crippen MR) is 252 cm³/mol. The molecule has 1 fully saturated rings. The Morgan fingerprint density at radius 2 is 0.730 bits per heavy atom. The number of unbranched alkanes of at least 4 members (excludes halogenated alkanes) is 12. The number of carbonyl (C=O) groups excluding carboxylic acids is 5. The molecule has 0 unspecified atom stereocenters. The molecule has 0 atom stereocenters. The highest BCUT2D eigenvalue weighted by molar-refractivity contribution is 5.71. The molecule has 1 aliphatic heterocycles. The Labute approximate surface area is 382 Å². The fourth-order valence-electron chi connectivity index (χ4n) is 7.53. The maximum atomic E-state index is 12.7. The van der Waals surface area contributed by atoms with Gasteiger partial charge in [0, 0.05) is 32.1 Å². The molecule has 1 heterocycles. The number of ether oxygens (including phenoxy) is 5. The van der Waals surface area contributed by atoms with Gasteiger partial charge in [-0.05, 0) is 167 Å². The summed E-state index contributed by atoms with van der Waals surface area (Å²) >= 11 is 0. The summed E-state index contributed by atoms with van der Waals surface area (Å²) in [5.74, 6) is -2.01. The monoisotopic (exact) mass is 886 g/mol. The van der Waals surface area contributed by atoms with Gasteiger partial charge < -0.3 is 28.6 Å². The number of hydrogen-bond donors (Lipinski definition) is 0. The van der Waals surface area contributed by atoms with Gasteiger partial charge in [-0.3, -0.25) is 24.0 Å². The average molecular weight is 886 g/mol. The van der Waals surface area contributed by atoms with E-state index in [1.807, 2.05) is 24.3 Å². The highest BCUT2D eigenvalue weighted by Gasteiger charge is 2.20. The van der Waals surface area contributed by atoms with Gasteiger partial charge >= 0.3 is 29.8 Å². The third kappa shape index (κ3) is 35.3. The van der Waals surface area contributed by atoms with Gasteiger partial charge in [-0.2, -0.15) is 0 Å². The van der Waals surface area contributed by atoms with Crippen LogP contribution in [0.1, 0.15) is 193 Å². The summed E-state index contributed by atoms with van der Waals surface area (Å²) in [7, 11) is 0. The van der Waals surface area contributed by atoms with Gasteiger partial charge in [0.05, 0.1) is 5.92 Å². The highest BCUT2D eigenvalue weighted by Crippen LogP contribution is 2.19. The lowest BCUT2D eigenvalue weighted by atomic mass is 10.0. The number of carbonyl (C=O) groups is 5. The first kappa shape index (κ1) is 57.3. The lowest BCUT2D eigenvalue weighted by Crippen LogP contribution is -2.27. The van der Waals surface area contributed by atoms with E-state index in [1.54, 1.807) is 0 Å². The second-order valence-electron chi connectivity index (χ2n) is 17.2. The predicted octanol–water partition coefficient (Wildman–Crippen LogP) is 11.8. The molecular formula is C52H87NO10. The molecule has 11 nitrogen and oxygen atoms in total. The van der Waals surface area contributed by atoms with Crippen LogP contribution in [-0.4, -0.2) is 86.4 Å². The Hall–Kier alpha value is -3.73. The molecule has 0 N–H and O–H groups in total. The number of nitrogens with zero attached hydrogens (tertiary/aromatic N) is 1. The van der Waals surface area contributed by atoms with Crippen LogP contribution in [0.5, 0.6) is 0 Å². The van der Waals surface area contributed by atoms with Gasteiger partial charge in [0.15, 0.2) is 0 Å². The van der Waals surface area contributed by atoms with Crippen LogP contribution < -0.4 is 0 Å². The maximum absolute atomic E-state index is 12.7. The van der Waals surface area contributed by atoms with Crippen molar-refractivity contribution in [1.29, 1.82) is 0 Å². The summed E-state index contributed by atoms with van der Waals surface area (Å²) in [4.78, 5) is 65.6. The Morgan fingerprint density at radius 1 is 0.413 bits per heavy atom. The normalized spacial score (nSPS) is 12.6. The first-order valence-corrected chi connectivity index (χ1v) is 24.7. The van der Waals surface area contributed by atoms with E-state index in [0.29, 0.717) is 64.2 Å². The van der Waals surface area contributed by atoms with Crippen molar-refractivity contribution in [2.24, 2.45) is 5.92 Å². The van der Waals surface area contributed by atoms with Crippen molar-refractivity contribution < 1.29 is 47.7 Å². The molecule has 63 heavy (non-hydrogen) atoms. The second kappa shape index (κ2) is 41.0. The number of rotatable bonds is 44. The topological polar surface area (TPSA) is 135 Å². The minimum atomic E-state index is -0.507. The van der Waals surface area contributed by atoms with Crippen molar-refractivity contribution in [3.8, 4) is 0 Å². The standard InChI is InChI=1S/C52H87NO10/c1-5-9-13-19-30-46(31-20-14-10-6-2)62-51(57)36-25-17-23-34-48(54)59-42-45(44-61-50(56)38-29-41-53-39-27-28-40-53)43-60-49(55)35-24-18-26-37-52(58)63-47(32-21-15-11-7-3)33-22-16-12-8-4/h5-8,45-47H,1-4,9-44H2. The van der Waals surface area contributed by atoms with Crippen molar-refractivity contribution in [3.63, 3.8) is 0 Å². The van der Waals surface area contributed by atoms with Gasteiger partial charge in [0.25, 0.3) is 0 Å². The first-order chi connectivity index (χ1) is 30.7. The second-order valence-corrected chi connectivity index (χ2v) is 17.2. The van der Waals surface area contributed by atoms with Gasteiger partial charge in [-0.15, -0.1) is 26.3 Å². The van der Waals surface area contributed by atoms with Gasteiger partial charge in [0.1, 0.15) is 32.0 Å². The zero-order valence-electron chi connectivity index (χ0n) is 39.4. The molecule has 1 rings (SSSR count). The minimum Gasteiger partial charge on any atom is -0.465 e. The SMILES string of the molecule is C=CCCCCC(CCCCC=C)OC(=O)CCCCCC(=O)OCC(COC(=O)CCCCCC(=O)OC(CCCCC=C)CCCCC=C)COC(=O)CCCN1CCCC1. The van der Waals surface area contributed by atoms with Crippen LogP contribution in [0.4, 0.5) is 0 Å². The smallest absolute Gasteiger partial charge is 0.306 e. The summed E-state index contributed by atoms with van der Waals surface area (Å²) in [5, 5.41) is 0. The molecule has 1 aliphatic rings. The molecule has 0 amide bonds. The van der Waals surface area contributed by atoms with E-state index in [4.69, 9.17) is 23.7 Å². The van der Waals surface area contributed by atoms with Crippen LogP contribution in [0.3, 0.4) is 0 Å². The third-order valence-electron chi connectivity index (χ3n) is 11.4. The van der Waals surface area contributed by atoms with Gasteiger partial charge in [-0.25, -0.2) is 0 Å². The van der Waals surface area contributed by atoms with Crippen molar-refractivity contribution in [2.45, 2.75) is 205 Å². The molecular weight excluding hydrogens is 799 g/mol. The molecule has 0 spiro atoms. The van der Waals surface area contributed by atoms with Crippen LogP contribution >= 0.6 is 0 Å². The van der Waals surface area contributed by atoms with Crippen molar-refractivity contribution in [1.82, 2.24) is 4.90 Å². The van der Waals surface area contributed by atoms with Gasteiger partial charge in [-0.1, -0.05) is 37.1 Å². The first-order valence-electron chi connectivity index (χ1n) is 24.7. The lowest BCUT2D eigenvalue weighted by Gasteiger charge is -2.18. The van der Waals surface area contributed by atoms with Crippen molar-refractivity contribution in [2.75, 3.05) is 39.5 Å². The van der Waals surface area contributed by atoms with E-state index in [-0.39, 0.29) is 62.8 Å². The fourth-order valence-corrected chi connectivity index (χ4v) is 7.53. The van der Waals surface area contributed by atoms with Crippen LogP contribution in [-0.2, 0) is 47.7 Å². The van der Waals surface area contributed by atoms with Crippen LogP contribution in [0.2, 0.25) is 0 Å². The van der Waals surface area contributed by atoms with Crippen molar-refractivity contribution >= 4 is 29.8 Å².